The van der Waals surface area contributed by atoms with Crippen molar-refractivity contribution in [3.8, 4) is 0 Å². The lowest BCUT2D eigenvalue weighted by atomic mass is 10.1. The third kappa shape index (κ3) is 2.58. The zero-order valence-corrected chi connectivity index (χ0v) is 10.1. The molecule has 4 nitrogen and oxygen atoms in total. The molecule has 4 heteroatoms. The number of hydrogen-bond acceptors (Lipinski definition) is 3. The molecule has 1 atom stereocenters. The Morgan fingerprint density at radius 1 is 1.41 bits per heavy atom. The number of aryl methyl sites for hydroxylation is 1. The van der Waals surface area contributed by atoms with E-state index in [0.29, 0.717) is 19.5 Å². The SMILES string of the molecule is Cc1ccc(N2CCNC(=O)C2CCN)cc1. The number of hydrogen-bond donors (Lipinski definition) is 2. The van der Waals surface area contributed by atoms with E-state index in [4.69, 9.17) is 5.73 Å². The molecule has 0 radical (unpaired) electrons. The molecular weight excluding hydrogens is 214 g/mol. The summed E-state index contributed by atoms with van der Waals surface area (Å²) < 4.78 is 0. The highest BCUT2D eigenvalue weighted by atomic mass is 16.2. The van der Waals surface area contributed by atoms with Crippen LogP contribution in [-0.2, 0) is 4.79 Å². The summed E-state index contributed by atoms with van der Waals surface area (Å²) in [6.45, 7) is 4.14. The minimum atomic E-state index is -0.128. The van der Waals surface area contributed by atoms with Crippen LogP contribution in [0.1, 0.15) is 12.0 Å². The van der Waals surface area contributed by atoms with Crippen molar-refractivity contribution in [3.63, 3.8) is 0 Å². The van der Waals surface area contributed by atoms with Crippen LogP contribution >= 0.6 is 0 Å². The van der Waals surface area contributed by atoms with E-state index in [-0.39, 0.29) is 11.9 Å². The van der Waals surface area contributed by atoms with Gasteiger partial charge >= 0.3 is 0 Å². The first-order valence-corrected chi connectivity index (χ1v) is 6.03. The van der Waals surface area contributed by atoms with Gasteiger partial charge in [-0.2, -0.15) is 0 Å². The van der Waals surface area contributed by atoms with Crippen LogP contribution in [0.2, 0.25) is 0 Å². The van der Waals surface area contributed by atoms with Gasteiger partial charge in [-0.1, -0.05) is 17.7 Å². The van der Waals surface area contributed by atoms with Gasteiger partial charge in [0.05, 0.1) is 0 Å². The first-order chi connectivity index (χ1) is 8.22. The second-order valence-electron chi connectivity index (χ2n) is 4.41. The molecule has 3 N–H and O–H groups in total. The van der Waals surface area contributed by atoms with Crippen LogP contribution in [0.5, 0.6) is 0 Å². The summed E-state index contributed by atoms with van der Waals surface area (Å²) in [6.07, 6.45) is 0.694. The Labute approximate surface area is 102 Å². The van der Waals surface area contributed by atoms with Crippen molar-refractivity contribution in [1.82, 2.24) is 5.32 Å². The molecule has 0 aliphatic carbocycles. The quantitative estimate of drug-likeness (QED) is 0.806. The van der Waals surface area contributed by atoms with Crippen molar-refractivity contribution in [2.75, 3.05) is 24.5 Å². The van der Waals surface area contributed by atoms with Gasteiger partial charge < -0.3 is 16.0 Å². The van der Waals surface area contributed by atoms with E-state index in [1.807, 2.05) is 0 Å². The van der Waals surface area contributed by atoms with Crippen molar-refractivity contribution in [2.45, 2.75) is 19.4 Å². The molecule has 1 fully saturated rings. The highest BCUT2D eigenvalue weighted by molar-refractivity contribution is 5.86. The number of piperazine rings is 1. The smallest absolute Gasteiger partial charge is 0.242 e. The number of anilines is 1. The van der Waals surface area contributed by atoms with Crippen molar-refractivity contribution < 1.29 is 4.79 Å². The maximum atomic E-state index is 11.8. The minimum absolute atomic E-state index is 0.0854. The van der Waals surface area contributed by atoms with Gasteiger partial charge in [0.15, 0.2) is 0 Å². The predicted octanol–water partition coefficient (Wildman–Crippen LogP) is 0.649. The van der Waals surface area contributed by atoms with Gasteiger partial charge in [-0.15, -0.1) is 0 Å². The Balaban J connectivity index is 2.21. The average molecular weight is 233 g/mol. The summed E-state index contributed by atoms with van der Waals surface area (Å²) in [5.41, 5.74) is 7.91. The first-order valence-electron chi connectivity index (χ1n) is 6.03. The van der Waals surface area contributed by atoms with Gasteiger partial charge in [-0.05, 0) is 32.0 Å². The second-order valence-corrected chi connectivity index (χ2v) is 4.41. The van der Waals surface area contributed by atoms with E-state index in [9.17, 15) is 4.79 Å². The van der Waals surface area contributed by atoms with Gasteiger partial charge in [0.2, 0.25) is 5.91 Å². The molecule has 17 heavy (non-hydrogen) atoms. The zero-order valence-electron chi connectivity index (χ0n) is 10.1. The highest BCUT2D eigenvalue weighted by Crippen LogP contribution is 2.20. The first kappa shape index (κ1) is 11.9. The van der Waals surface area contributed by atoms with Crippen LogP contribution in [0.25, 0.3) is 0 Å². The average Bonchev–Trinajstić information content (AvgIpc) is 2.33. The number of amides is 1. The number of carbonyl (C=O) groups excluding carboxylic acids is 1. The molecule has 1 heterocycles. The topological polar surface area (TPSA) is 58.4 Å². The Hall–Kier alpha value is -1.55. The number of nitrogens with one attached hydrogen (secondary N) is 1. The van der Waals surface area contributed by atoms with E-state index in [1.54, 1.807) is 0 Å². The predicted molar refractivity (Wildman–Crippen MR) is 69.0 cm³/mol. The highest BCUT2D eigenvalue weighted by Gasteiger charge is 2.28. The maximum absolute atomic E-state index is 11.8. The van der Waals surface area contributed by atoms with Gasteiger partial charge in [0, 0.05) is 18.8 Å². The summed E-state index contributed by atoms with van der Waals surface area (Å²) in [5.74, 6) is 0.0854. The molecule has 1 aromatic rings. The van der Waals surface area contributed by atoms with Crippen LogP contribution < -0.4 is 16.0 Å². The van der Waals surface area contributed by atoms with Gasteiger partial charge in [-0.3, -0.25) is 4.79 Å². The van der Waals surface area contributed by atoms with Crippen molar-refractivity contribution in [1.29, 1.82) is 0 Å². The summed E-state index contributed by atoms with van der Waals surface area (Å²) in [7, 11) is 0. The lowest BCUT2D eigenvalue weighted by Crippen LogP contribution is -2.56. The van der Waals surface area contributed by atoms with Gasteiger partial charge in [0.25, 0.3) is 0 Å². The third-order valence-corrected chi connectivity index (χ3v) is 3.14. The van der Waals surface area contributed by atoms with E-state index in [0.717, 1.165) is 12.2 Å². The number of rotatable bonds is 3. The van der Waals surface area contributed by atoms with Crippen LogP contribution in [0, 0.1) is 6.92 Å². The van der Waals surface area contributed by atoms with Crippen molar-refractivity contribution in [2.24, 2.45) is 5.73 Å². The van der Waals surface area contributed by atoms with Gasteiger partial charge in [0.1, 0.15) is 6.04 Å². The summed E-state index contributed by atoms with van der Waals surface area (Å²) in [5, 5.41) is 2.89. The molecule has 1 aliphatic heterocycles. The lowest BCUT2D eigenvalue weighted by molar-refractivity contribution is -0.123. The number of benzene rings is 1. The molecule has 1 aromatic carbocycles. The fourth-order valence-corrected chi connectivity index (χ4v) is 2.20. The Bertz CT molecular complexity index is 388. The van der Waals surface area contributed by atoms with Crippen LogP contribution in [0.15, 0.2) is 24.3 Å². The Kier molecular flexibility index (Phi) is 3.64. The number of nitrogens with zero attached hydrogens (tertiary/aromatic N) is 1. The zero-order chi connectivity index (χ0) is 12.3. The standard InChI is InChI=1S/C13H19N3O/c1-10-2-4-11(5-3-10)16-9-8-15-13(17)12(16)6-7-14/h2-5,12H,6-9,14H2,1H3,(H,15,17). The fraction of sp³-hybridized carbons (Fsp3) is 0.462. The molecule has 1 aliphatic rings. The molecule has 1 saturated heterocycles. The summed E-state index contributed by atoms with van der Waals surface area (Å²) >= 11 is 0. The normalized spacial score (nSPS) is 20.2. The van der Waals surface area contributed by atoms with E-state index < -0.39 is 0 Å². The monoisotopic (exact) mass is 233 g/mol. The molecular formula is C13H19N3O. The largest absolute Gasteiger partial charge is 0.358 e. The third-order valence-electron chi connectivity index (χ3n) is 3.14. The Morgan fingerprint density at radius 3 is 2.76 bits per heavy atom. The van der Waals surface area contributed by atoms with Gasteiger partial charge in [-0.25, -0.2) is 0 Å². The van der Waals surface area contributed by atoms with Crippen LogP contribution in [0.3, 0.4) is 0 Å². The van der Waals surface area contributed by atoms with Crippen LogP contribution in [0.4, 0.5) is 5.69 Å². The van der Waals surface area contributed by atoms with Crippen LogP contribution in [-0.4, -0.2) is 31.6 Å². The summed E-state index contributed by atoms with van der Waals surface area (Å²) in [6, 6.07) is 8.15. The molecule has 1 amide bonds. The summed E-state index contributed by atoms with van der Waals surface area (Å²) in [4.78, 5) is 14.0. The Morgan fingerprint density at radius 2 is 2.12 bits per heavy atom. The number of nitrogens with two attached hydrogens (primary N) is 1. The second kappa shape index (κ2) is 5.19. The molecule has 1 unspecified atom stereocenters. The van der Waals surface area contributed by atoms with Crippen molar-refractivity contribution >= 4 is 11.6 Å². The van der Waals surface area contributed by atoms with E-state index in [1.165, 1.54) is 5.56 Å². The molecule has 0 bridgehead atoms. The minimum Gasteiger partial charge on any atom is -0.358 e. The molecule has 0 aromatic heterocycles. The molecule has 0 saturated carbocycles. The lowest BCUT2D eigenvalue weighted by Gasteiger charge is -2.36. The maximum Gasteiger partial charge on any atom is 0.242 e. The van der Waals surface area contributed by atoms with Crippen molar-refractivity contribution in [3.05, 3.63) is 29.8 Å². The number of carbonyl (C=O) groups is 1. The van der Waals surface area contributed by atoms with E-state index >= 15 is 0 Å². The van der Waals surface area contributed by atoms with E-state index in [2.05, 4.69) is 41.4 Å². The molecule has 2 rings (SSSR count). The molecule has 0 spiro atoms. The fourth-order valence-electron chi connectivity index (χ4n) is 2.20. The molecule has 92 valence electrons.